The standard InChI is InChI=1S/C24H25FN2O2/c25-18-10-6-9-17(13-18)19-11-4-5-12-20(19)23-21(14-26)27(22(23)15-28)24(29)16-7-2-1-3-8-16/h4-6,9-13,16,21-23,28H,1-3,7-8,15H2/t21-,22+,23-/m0/s1. The molecule has 1 aliphatic carbocycles. The van der Waals surface area contributed by atoms with Gasteiger partial charge in [-0.3, -0.25) is 4.79 Å². The largest absolute Gasteiger partial charge is 0.394 e. The lowest BCUT2D eigenvalue weighted by Crippen LogP contribution is -2.66. The summed E-state index contributed by atoms with van der Waals surface area (Å²) < 4.78 is 13.8. The molecule has 0 spiro atoms. The van der Waals surface area contributed by atoms with Gasteiger partial charge in [0.25, 0.3) is 0 Å². The van der Waals surface area contributed by atoms with Crippen LogP contribution in [-0.4, -0.2) is 34.6 Å². The van der Waals surface area contributed by atoms with Gasteiger partial charge in [-0.1, -0.05) is 55.7 Å². The Morgan fingerprint density at radius 1 is 1.14 bits per heavy atom. The Kier molecular flexibility index (Phi) is 5.64. The fourth-order valence-corrected chi connectivity index (χ4v) is 4.95. The minimum Gasteiger partial charge on any atom is -0.394 e. The summed E-state index contributed by atoms with van der Waals surface area (Å²) in [5.74, 6) is -0.671. The van der Waals surface area contributed by atoms with Crippen molar-refractivity contribution in [3.8, 4) is 17.2 Å². The van der Waals surface area contributed by atoms with Gasteiger partial charge in [-0.25, -0.2) is 4.39 Å². The van der Waals surface area contributed by atoms with Crippen molar-refractivity contribution in [1.29, 1.82) is 5.26 Å². The molecule has 29 heavy (non-hydrogen) atoms. The van der Waals surface area contributed by atoms with Crippen LogP contribution in [0.25, 0.3) is 11.1 Å². The summed E-state index contributed by atoms with van der Waals surface area (Å²) in [7, 11) is 0. The number of nitrogens with zero attached hydrogens (tertiary/aromatic N) is 2. The van der Waals surface area contributed by atoms with Crippen LogP contribution >= 0.6 is 0 Å². The third-order valence-electron chi connectivity index (χ3n) is 6.40. The zero-order valence-corrected chi connectivity index (χ0v) is 16.3. The summed E-state index contributed by atoms with van der Waals surface area (Å²) in [5, 5.41) is 20.0. The van der Waals surface area contributed by atoms with E-state index in [1.807, 2.05) is 30.3 Å². The van der Waals surface area contributed by atoms with Crippen LogP contribution in [0.15, 0.2) is 48.5 Å². The maximum absolute atomic E-state index is 13.8. The number of carbonyl (C=O) groups is 1. The van der Waals surface area contributed by atoms with Gasteiger partial charge < -0.3 is 10.0 Å². The summed E-state index contributed by atoms with van der Waals surface area (Å²) in [6.45, 7) is -0.196. The highest BCUT2D eigenvalue weighted by Gasteiger charge is 2.53. The van der Waals surface area contributed by atoms with Gasteiger partial charge in [0.2, 0.25) is 5.91 Å². The quantitative estimate of drug-likeness (QED) is 0.846. The van der Waals surface area contributed by atoms with Crippen LogP contribution in [0.1, 0.15) is 43.6 Å². The normalized spacial score (nSPS) is 24.6. The molecule has 1 aliphatic heterocycles. The minimum absolute atomic E-state index is 0.00483. The van der Waals surface area contributed by atoms with Crippen LogP contribution in [0.2, 0.25) is 0 Å². The Bertz CT molecular complexity index is 932. The Morgan fingerprint density at radius 2 is 1.90 bits per heavy atom. The molecule has 0 radical (unpaired) electrons. The summed E-state index contributed by atoms with van der Waals surface area (Å²) in [6.07, 6.45) is 4.94. The third kappa shape index (κ3) is 3.54. The van der Waals surface area contributed by atoms with Gasteiger partial charge in [-0.2, -0.15) is 5.26 Å². The van der Waals surface area contributed by atoms with Gasteiger partial charge >= 0.3 is 0 Å². The molecule has 2 aromatic rings. The van der Waals surface area contributed by atoms with Crippen molar-refractivity contribution in [3.05, 3.63) is 59.9 Å². The Hall–Kier alpha value is -2.71. The number of aliphatic hydroxyl groups is 1. The molecule has 1 N–H and O–H groups in total. The van der Waals surface area contributed by atoms with E-state index in [0.29, 0.717) is 0 Å². The molecule has 0 bridgehead atoms. The topological polar surface area (TPSA) is 64.3 Å². The highest BCUT2D eigenvalue weighted by Crippen LogP contribution is 2.45. The molecular weight excluding hydrogens is 367 g/mol. The van der Waals surface area contributed by atoms with Gasteiger partial charge in [0.05, 0.1) is 18.7 Å². The van der Waals surface area contributed by atoms with E-state index in [9.17, 15) is 19.6 Å². The zero-order valence-electron chi connectivity index (χ0n) is 16.3. The second kappa shape index (κ2) is 8.34. The number of nitriles is 1. The predicted molar refractivity (Wildman–Crippen MR) is 108 cm³/mol. The highest BCUT2D eigenvalue weighted by molar-refractivity contribution is 5.82. The third-order valence-corrected chi connectivity index (χ3v) is 6.40. The fourth-order valence-electron chi connectivity index (χ4n) is 4.95. The van der Waals surface area contributed by atoms with E-state index < -0.39 is 12.1 Å². The lowest BCUT2D eigenvalue weighted by atomic mass is 9.72. The number of benzene rings is 2. The molecule has 4 nitrogen and oxygen atoms in total. The average molecular weight is 392 g/mol. The number of rotatable bonds is 4. The van der Waals surface area contributed by atoms with Gasteiger partial charge in [0, 0.05) is 11.8 Å². The number of aliphatic hydroxyl groups excluding tert-OH is 1. The van der Waals surface area contributed by atoms with Crippen molar-refractivity contribution in [1.82, 2.24) is 4.90 Å². The SMILES string of the molecule is N#C[C@H]1[C@H](c2ccccc2-c2cccc(F)c2)[C@@H](CO)N1C(=O)C1CCCCC1. The molecule has 2 fully saturated rings. The summed E-state index contributed by atoms with van der Waals surface area (Å²) >= 11 is 0. The summed E-state index contributed by atoms with van der Waals surface area (Å²) in [4.78, 5) is 14.7. The molecule has 1 saturated heterocycles. The van der Waals surface area contributed by atoms with Crippen LogP contribution in [-0.2, 0) is 4.79 Å². The molecule has 0 unspecified atom stereocenters. The van der Waals surface area contributed by atoms with Gasteiger partial charge in [-0.05, 0) is 41.7 Å². The number of halogens is 1. The van der Waals surface area contributed by atoms with Gasteiger partial charge in [0.15, 0.2) is 0 Å². The lowest BCUT2D eigenvalue weighted by molar-refractivity contribution is -0.152. The smallest absolute Gasteiger partial charge is 0.227 e. The molecule has 1 amide bonds. The number of likely N-dealkylation sites (tertiary alicyclic amines) is 1. The molecule has 4 rings (SSSR count). The van der Waals surface area contributed by atoms with E-state index in [-0.39, 0.29) is 30.2 Å². The van der Waals surface area contributed by atoms with Crippen LogP contribution in [0.3, 0.4) is 0 Å². The van der Waals surface area contributed by atoms with E-state index in [4.69, 9.17) is 0 Å². The molecule has 150 valence electrons. The Morgan fingerprint density at radius 3 is 2.59 bits per heavy atom. The lowest BCUT2D eigenvalue weighted by Gasteiger charge is -2.53. The second-order valence-electron chi connectivity index (χ2n) is 8.03. The van der Waals surface area contributed by atoms with Crippen LogP contribution in [0, 0.1) is 23.1 Å². The molecule has 0 aromatic heterocycles. The number of amides is 1. The molecular formula is C24H25FN2O2. The fraction of sp³-hybridized carbons (Fsp3) is 0.417. The van der Waals surface area contributed by atoms with E-state index in [0.717, 1.165) is 48.8 Å². The average Bonchev–Trinajstić information content (AvgIpc) is 2.74. The van der Waals surface area contributed by atoms with Crippen molar-refractivity contribution < 1.29 is 14.3 Å². The van der Waals surface area contributed by atoms with Crippen molar-refractivity contribution in [2.45, 2.75) is 50.1 Å². The first-order valence-corrected chi connectivity index (χ1v) is 10.3. The molecule has 1 heterocycles. The first-order valence-electron chi connectivity index (χ1n) is 10.3. The maximum atomic E-state index is 13.8. The molecule has 5 heteroatoms. The van der Waals surface area contributed by atoms with E-state index in [2.05, 4.69) is 6.07 Å². The van der Waals surface area contributed by atoms with Crippen molar-refractivity contribution in [3.63, 3.8) is 0 Å². The van der Waals surface area contributed by atoms with Crippen LogP contribution < -0.4 is 0 Å². The zero-order chi connectivity index (χ0) is 20.4. The Balaban J connectivity index is 1.67. The first-order chi connectivity index (χ1) is 14.2. The highest BCUT2D eigenvalue weighted by atomic mass is 19.1. The number of hydrogen-bond donors (Lipinski definition) is 1. The monoisotopic (exact) mass is 392 g/mol. The minimum atomic E-state index is -0.615. The summed E-state index contributed by atoms with van der Waals surface area (Å²) in [5.41, 5.74) is 2.43. The molecule has 3 atom stereocenters. The van der Waals surface area contributed by atoms with Gasteiger partial charge in [-0.15, -0.1) is 0 Å². The Labute approximate surface area is 170 Å². The summed E-state index contributed by atoms with van der Waals surface area (Å²) in [6, 6.07) is 15.2. The van der Waals surface area contributed by atoms with Crippen molar-refractivity contribution in [2.75, 3.05) is 6.61 Å². The van der Waals surface area contributed by atoms with Crippen LogP contribution in [0.4, 0.5) is 4.39 Å². The molecule has 2 aromatic carbocycles. The van der Waals surface area contributed by atoms with E-state index >= 15 is 0 Å². The van der Waals surface area contributed by atoms with Crippen LogP contribution in [0.5, 0.6) is 0 Å². The van der Waals surface area contributed by atoms with E-state index in [1.54, 1.807) is 11.0 Å². The van der Waals surface area contributed by atoms with E-state index in [1.165, 1.54) is 12.1 Å². The van der Waals surface area contributed by atoms with Crippen molar-refractivity contribution >= 4 is 5.91 Å². The predicted octanol–water partition coefficient (Wildman–Crippen LogP) is 4.25. The molecule has 2 aliphatic rings. The second-order valence-corrected chi connectivity index (χ2v) is 8.03. The van der Waals surface area contributed by atoms with Gasteiger partial charge in [0.1, 0.15) is 11.9 Å². The van der Waals surface area contributed by atoms with Crippen molar-refractivity contribution in [2.24, 2.45) is 5.92 Å². The maximum Gasteiger partial charge on any atom is 0.227 e. The number of carbonyl (C=O) groups excluding carboxylic acids is 1. The first kappa shape index (κ1) is 19.6. The molecule has 1 saturated carbocycles. The number of hydrogen-bond acceptors (Lipinski definition) is 3.